The Labute approximate surface area is 187 Å². The first-order valence-electron chi connectivity index (χ1n) is 11.6. The van der Waals surface area contributed by atoms with Gasteiger partial charge in [-0.1, -0.05) is 66.8 Å². The maximum Gasteiger partial charge on any atom is 0.332 e. The third kappa shape index (κ3) is 2.18. The molecule has 3 atom stereocenters. The van der Waals surface area contributed by atoms with Gasteiger partial charge in [-0.25, -0.2) is 4.79 Å². The summed E-state index contributed by atoms with van der Waals surface area (Å²) in [5.41, 5.74) is 3.75. The Balaban J connectivity index is 1.42. The molecule has 0 unspecified atom stereocenters. The Kier molecular flexibility index (Phi) is 3.62. The standard InChI is InChI=1S/C29H23NO2/c1-18-28-24(25-17-27(31)32-29(25,28)26-12-6-7-15-30(18)26)14-13-20-16-19-8-2-3-9-21(19)23-11-5-4-10-22(20)23/h2-5,8-11,16-18,26H,6-7,12,15H2,1H3/t18-,26+,29-/m0/s1. The lowest BCUT2D eigenvalue weighted by molar-refractivity contribution is -0.146. The summed E-state index contributed by atoms with van der Waals surface area (Å²) < 4.78 is 6.02. The zero-order chi connectivity index (χ0) is 21.4. The molecule has 0 N–H and O–H groups in total. The molecule has 0 bridgehead atoms. The van der Waals surface area contributed by atoms with Crippen molar-refractivity contribution in [1.29, 1.82) is 0 Å². The van der Waals surface area contributed by atoms with Gasteiger partial charge in [-0.05, 0) is 53.9 Å². The number of esters is 1. The summed E-state index contributed by atoms with van der Waals surface area (Å²) in [5.74, 6) is 6.76. The third-order valence-electron chi connectivity index (χ3n) is 7.88. The molecular weight excluding hydrogens is 394 g/mol. The topological polar surface area (TPSA) is 29.5 Å². The van der Waals surface area contributed by atoms with E-state index in [4.69, 9.17) is 4.74 Å². The summed E-state index contributed by atoms with van der Waals surface area (Å²) in [6, 6.07) is 19.7. The fourth-order valence-corrected chi connectivity index (χ4v) is 6.58. The largest absolute Gasteiger partial charge is 0.445 e. The fourth-order valence-electron chi connectivity index (χ4n) is 6.58. The van der Waals surface area contributed by atoms with Crippen molar-refractivity contribution in [2.45, 2.75) is 43.9 Å². The second-order valence-corrected chi connectivity index (χ2v) is 9.37. The molecular formula is C29H23NO2. The summed E-state index contributed by atoms with van der Waals surface area (Å²) >= 11 is 0. The zero-order valence-corrected chi connectivity index (χ0v) is 18.0. The van der Waals surface area contributed by atoms with E-state index in [1.807, 2.05) is 0 Å². The number of ether oxygens (including phenoxy) is 1. The number of carbonyl (C=O) groups excluding carboxylic acids is 1. The number of nitrogens with zero attached hydrogens (tertiary/aromatic N) is 1. The molecule has 0 aromatic heterocycles. The maximum atomic E-state index is 12.4. The predicted octanol–water partition coefficient (Wildman–Crippen LogP) is 5.13. The Hall–Kier alpha value is -3.35. The van der Waals surface area contributed by atoms with Crippen LogP contribution >= 0.6 is 0 Å². The smallest absolute Gasteiger partial charge is 0.332 e. The Bertz CT molecular complexity index is 1470. The molecule has 3 aromatic carbocycles. The molecule has 0 amide bonds. The maximum absolute atomic E-state index is 12.4. The molecule has 1 aliphatic carbocycles. The molecule has 2 saturated heterocycles. The number of benzene rings is 3. The minimum Gasteiger partial charge on any atom is -0.445 e. The van der Waals surface area contributed by atoms with Gasteiger partial charge in [-0.15, -0.1) is 0 Å². The molecule has 7 rings (SSSR count). The molecule has 4 aliphatic rings. The average Bonchev–Trinajstić information content (AvgIpc) is 3.22. The van der Waals surface area contributed by atoms with E-state index < -0.39 is 5.60 Å². The van der Waals surface area contributed by atoms with E-state index in [9.17, 15) is 4.79 Å². The van der Waals surface area contributed by atoms with Crippen molar-refractivity contribution < 1.29 is 9.53 Å². The van der Waals surface area contributed by atoms with Crippen LogP contribution in [0.1, 0.15) is 31.7 Å². The van der Waals surface area contributed by atoms with Crippen molar-refractivity contribution in [3.8, 4) is 11.8 Å². The normalized spacial score (nSPS) is 28.4. The first kappa shape index (κ1) is 18.2. The van der Waals surface area contributed by atoms with Gasteiger partial charge in [0.05, 0.1) is 6.04 Å². The van der Waals surface area contributed by atoms with Crippen molar-refractivity contribution in [3.63, 3.8) is 0 Å². The molecule has 3 heteroatoms. The number of piperidine rings is 1. The SMILES string of the molecule is C[C@H]1C2=C(C#Cc3cc4ccccc4c4ccccc34)C3=CC(=O)O[C@]32[C@H]2CCCCN12. The van der Waals surface area contributed by atoms with Crippen molar-refractivity contribution in [2.24, 2.45) is 0 Å². The van der Waals surface area contributed by atoms with E-state index in [1.54, 1.807) is 6.08 Å². The van der Waals surface area contributed by atoms with Gasteiger partial charge in [0.2, 0.25) is 0 Å². The van der Waals surface area contributed by atoms with Crippen LogP contribution in [0.4, 0.5) is 0 Å². The van der Waals surface area contributed by atoms with Crippen LogP contribution in [0.25, 0.3) is 21.5 Å². The molecule has 3 nitrogen and oxygen atoms in total. The molecule has 0 saturated carbocycles. The van der Waals surface area contributed by atoms with Gasteiger partial charge in [0.15, 0.2) is 5.60 Å². The van der Waals surface area contributed by atoms with Gasteiger partial charge >= 0.3 is 5.97 Å². The third-order valence-corrected chi connectivity index (χ3v) is 7.88. The highest BCUT2D eigenvalue weighted by Crippen LogP contribution is 2.61. The van der Waals surface area contributed by atoms with Gasteiger partial charge in [0, 0.05) is 34.4 Å². The summed E-state index contributed by atoms with van der Waals surface area (Å²) in [6.45, 7) is 3.32. The molecule has 3 aliphatic heterocycles. The first-order chi connectivity index (χ1) is 15.7. The van der Waals surface area contributed by atoms with E-state index in [1.165, 1.54) is 40.0 Å². The summed E-state index contributed by atoms with van der Waals surface area (Å²) in [7, 11) is 0. The first-order valence-corrected chi connectivity index (χ1v) is 11.6. The number of carbonyl (C=O) groups is 1. The predicted molar refractivity (Wildman–Crippen MR) is 126 cm³/mol. The van der Waals surface area contributed by atoms with Crippen LogP contribution < -0.4 is 0 Å². The molecule has 1 spiro atoms. The van der Waals surface area contributed by atoms with Crippen LogP contribution in [0.5, 0.6) is 0 Å². The number of hydrogen-bond donors (Lipinski definition) is 0. The highest BCUT2D eigenvalue weighted by atomic mass is 16.6. The van der Waals surface area contributed by atoms with Gasteiger partial charge in [-0.2, -0.15) is 0 Å². The van der Waals surface area contributed by atoms with E-state index >= 15 is 0 Å². The minimum absolute atomic E-state index is 0.218. The van der Waals surface area contributed by atoms with Crippen LogP contribution in [0.2, 0.25) is 0 Å². The lowest BCUT2D eigenvalue weighted by atomic mass is 9.65. The van der Waals surface area contributed by atoms with Crippen molar-refractivity contribution in [3.05, 3.63) is 83.0 Å². The van der Waals surface area contributed by atoms with Gasteiger partial charge in [-0.3, -0.25) is 4.90 Å². The van der Waals surface area contributed by atoms with Crippen LogP contribution in [-0.2, 0) is 9.53 Å². The lowest BCUT2D eigenvalue weighted by Gasteiger charge is -2.43. The average molecular weight is 418 g/mol. The minimum atomic E-state index is -0.535. The molecule has 0 radical (unpaired) electrons. The Morgan fingerprint density at radius 3 is 2.66 bits per heavy atom. The van der Waals surface area contributed by atoms with Crippen LogP contribution in [-0.4, -0.2) is 35.1 Å². The highest BCUT2D eigenvalue weighted by molar-refractivity contribution is 6.10. The molecule has 156 valence electrons. The Morgan fingerprint density at radius 2 is 1.78 bits per heavy atom. The summed E-state index contributed by atoms with van der Waals surface area (Å²) in [4.78, 5) is 14.9. The number of hydrogen-bond acceptors (Lipinski definition) is 3. The van der Waals surface area contributed by atoms with E-state index in [-0.39, 0.29) is 18.1 Å². The van der Waals surface area contributed by atoms with Crippen LogP contribution in [0.15, 0.2) is 77.4 Å². The fraction of sp³-hybridized carbons (Fsp3) is 0.276. The van der Waals surface area contributed by atoms with Gasteiger partial charge in [0.1, 0.15) is 0 Å². The van der Waals surface area contributed by atoms with Gasteiger partial charge in [0.25, 0.3) is 0 Å². The molecule has 2 fully saturated rings. The lowest BCUT2D eigenvalue weighted by Crippen LogP contribution is -2.52. The van der Waals surface area contributed by atoms with E-state index in [2.05, 4.69) is 78.3 Å². The zero-order valence-electron chi connectivity index (χ0n) is 18.0. The Morgan fingerprint density at radius 1 is 1.00 bits per heavy atom. The van der Waals surface area contributed by atoms with Crippen molar-refractivity contribution in [2.75, 3.05) is 6.54 Å². The quantitative estimate of drug-likeness (QED) is 0.288. The molecule has 3 heterocycles. The van der Waals surface area contributed by atoms with Crippen LogP contribution in [0.3, 0.4) is 0 Å². The van der Waals surface area contributed by atoms with Crippen LogP contribution in [0, 0.1) is 11.8 Å². The van der Waals surface area contributed by atoms with Crippen molar-refractivity contribution >= 4 is 27.5 Å². The monoisotopic (exact) mass is 417 g/mol. The summed E-state index contributed by atoms with van der Waals surface area (Å²) in [6.07, 6.45) is 5.17. The second-order valence-electron chi connectivity index (χ2n) is 9.37. The molecule has 32 heavy (non-hydrogen) atoms. The highest BCUT2D eigenvalue weighted by Gasteiger charge is 2.68. The summed E-state index contributed by atoms with van der Waals surface area (Å²) in [5, 5.41) is 4.83. The van der Waals surface area contributed by atoms with Gasteiger partial charge < -0.3 is 4.74 Å². The van der Waals surface area contributed by atoms with E-state index in [0.29, 0.717) is 0 Å². The second kappa shape index (κ2) is 6.34. The number of fused-ring (bicyclic) bond motifs is 4. The van der Waals surface area contributed by atoms with Crippen molar-refractivity contribution in [1.82, 2.24) is 4.90 Å². The number of rotatable bonds is 0. The van der Waals surface area contributed by atoms with E-state index in [0.717, 1.165) is 29.7 Å². The molecule has 3 aromatic rings.